The molecule has 1 aromatic heterocycles. The van der Waals surface area contributed by atoms with Crippen LogP contribution in [0.4, 0.5) is 0 Å². The van der Waals surface area contributed by atoms with Crippen LogP contribution >= 0.6 is 0 Å². The predicted octanol–water partition coefficient (Wildman–Crippen LogP) is 1.03. The van der Waals surface area contributed by atoms with Crippen molar-refractivity contribution in [1.82, 2.24) is 15.4 Å². The van der Waals surface area contributed by atoms with E-state index in [0.717, 1.165) is 11.1 Å². The van der Waals surface area contributed by atoms with Crippen LogP contribution in [0.2, 0.25) is 0 Å². The molecule has 1 aliphatic carbocycles. The number of allylic oxidation sites excluding steroid dienone is 3. The van der Waals surface area contributed by atoms with Crippen molar-refractivity contribution < 1.29 is 18.3 Å². The molecule has 0 aliphatic heterocycles. The lowest BCUT2D eigenvalue weighted by Crippen LogP contribution is -2.41. The number of aromatic amines is 1. The highest BCUT2D eigenvalue weighted by Crippen LogP contribution is 2.39. The minimum atomic E-state index is -4.19. The molecule has 0 amide bonds. The van der Waals surface area contributed by atoms with E-state index < -0.39 is 26.4 Å². The third-order valence-corrected chi connectivity index (χ3v) is 5.44. The second-order valence-corrected chi connectivity index (χ2v) is 7.14. The van der Waals surface area contributed by atoms with Crippen molar-refractivity contribution in [3.8, 4) is 0 Å². The zero-order chi connectivity index (χ0) is 17.4. The van der Waals surface area contributed by atoms with Crippen molar-refractivity contribution >= 4 is 21.6 Å². The number of primary sulfonamides is 1. The number of nitrogens with one attached hydrogen (secondary N) is 1. The van der Waals surface area contributed by atoms with Crippen LogP contribution in [0.25, 0.3) is 5.57 Å². The normalized spacial score (nSPS) is 20.6. The lowest BCUT2D eigenvalue weighted by molar-refractivity contribution is 0.0688. The fourth-order valence-electron chi connectivity index (χ4n) is 2.66. The van der Waals surface area contributed by atoms with Crippen LogP contribution in [0.1, 0.15) is 28.2 Å². The molecule has 124 valence electrons. The molecular formula is C15H14N4O4S. The molecule has 1 unspecified atom stereocenters. The number of hydrogen-bond donors (Lipinski definition) is 3. The van der Waals surface area contributed by atoms with Gasteiger partial charge in [0.05, 0.1) is 0 Å². The molecule has 9 heteroatoms. The Morgan fingerprint density at radius 2 is 1.96 bits per heavy atom. The van der Waals surface area contributed by atoms with E-state index >= 15 is 0 Å². The lowest BCUT2D eigenvalue weighted by Gasteiger charge is -2.28. The van der Waals surface area contributed by atoms with E-state index in [1.54, 1.807) is 12.2 Å². The van der Waals surface area contributed by atoms with Crippen LogP contribution < -0.4 is 5.14 Å². The van der Waals surface area contributed by atoms with E-state index in [0.29, 0.717) is 0 Å². The van der Waals surface area contributed by atoms with Crippen LogP contribution in [-0.2, 0) is 14.8 Å². The Morgan fingerprint density at radius 3 is 2.50 bits per heavy atom. The summed E-state index contributed by atoms with van der Waals surface area (Å²) in [7, 11) is -4.19. The molecule has 0 spiro atoms. The fraction of sp³-hybridized carbons (Fsp3) is 0.133. The number of aromatic nitrogens is 3. The Labute approximate surface area is 137 Å². The maximum atomic E-state index is 12.2. The molecule has 1 aromatic carbocycles. The maximum absolute atomic E-state index is 12.2. The molecule has 4 N–H and O–H groups in total. The van der Waals surface area contributed by atoms with E-state index in [2.05, 4.69) is 15.4 Å². The Hall–Kier alpha value is -2.78. The van der Waals surface area contributed by atoms with Crippen LogP contribution in [0, 0.1) is 0 Å². The second kappa shape index (κ2) is 5.69. The SMILES string of the molecule is NS(=O)(=O)C1(c2n[nH]nc2C(=O)O)C=CC(c2ccccc2)=CC1. The van der Waals surface area contributed by atoms with Gasteiger partial charge in [0, 0.05) is 0 Å². The summed E-state index contributed by atoms with van der Waals surface area (Å²) in [5, 5.41) is 24.0. The van der Waals surface area contributed by atoms with Gasteiger partial charge in [-0.3, -0.25) is 0 Å². The number of hydrogen-bond acceptors (Lipinski definition) is 5. The topological polar surface area (TPSA) is 139 Å². The van der Waals surface area contributed by atoms with Crippen molar-refractivity contribution in [2.75, 3.05) is 0 Å². The van der Waals surface area contributed by atoms with Gasteiger partial charge >= 0.3 is 5.97 Å². The molecule has 0 bridgehead atoms. The Bertz CT molecular complexity index is 947. The minimum absolute atomic E-state index is 0.0423. The number of nitrogens with zero attached hydrogens (tertiary/aromatic N) is 2. The van der Waals surface area contributed by atoms with Gasteiger partial charge < -0.3 is 5.11 Å². The van der Waals surface area contributed by atoms with Gasteiger partial charge in [-0.05, 0) is 17.6 Å². The molecule has 3 rings (SSSR count). The highest BCUT2D eigenvalue weighted by molar-refractivity contribution is 7.90. The van der Waals surface area contributed by atoms with E-state index in [1.807, 2.05) is 30.3 Å². The van der Waals surface area contributed by atoms with Crippen molar-refractivity contribution in [3.63, 3.8) is 0 Å². The van der Waals surface area contributed by atoms with E-state index in [9.17, 15) is 18.3 Å². The molecule has 24 heavy (non-hydrogen) atoms. The Balaban J connectivity index is 2.10. The summed E-state index contributed by atoms with van der Waals surface area (Å²) < 4.78 is 22.7. The summed E-state index contributed by atoms with van der Waals surface area (Å²) in [6.45, 7) is 0. The van der Waals surface area contributed by atoms with Gasteiger partial charge in [0.1, 0.15) is 5.69 Å². The van der Waals surface area contributed by atoms with Crippen molar-refractivity contribution in [2.24, 2.45) is 5.14 Å². The molecule has 1 atom stereocenters. The molecule has 1 heterocycles. The molecule has 2 aromatic rings. The number of carbonyl (C=O) groups is 1. The molecule has 0 saturated carbocycles. The zero-order valence-electron chi connectivity index (χ0n) is 12.4. The number of nitrogens with two attached hydrogens (primary N) is 1. The van der Waals surface area contributed by atoms with E-state index in [1.165, 1.54) is 6.08 Å². The third kappa shape index (κ3) is 2.53. The number of H-pyrrole nitrogens is 1. The van der Waals surface area contributed by atoms with Crippen molar-refractivity contribution in [3.05, 3.63) is 65.5 Å². The lowest BCUT2D eigenvalue weighted by atomic mass is 9.89. The highest BCUT2D eigenvalue weighted by atomic mass is 32.2. The van der Waals surface area contributed by atoms with Gasteiger partial charge in [-0.25, -0.2) is 18.4 Å². The smallest absolute Gasteiger partial charge is 0.358 e. The Morgan fingerprint density at radius 1 is 1.25 bits per heavy atom. The maximum Gasteiger partial charge on any atom is 0.358 e. The first-order valence-electron chi connectivity index (χ1n) is 6.97. The number of aromatic carboxylic acids is 1. The predicted molar refractivity (Wildman–Crippen MR) is 86.3 cm³/mol. The molecule has 1 aliphatic rings. The van der Waals surface area contributed by atoms with Crippen molar-refractivity contribution in [1.29, 1.82) is 0 Å². The van der Waals surface area contributed by atoms with E-state index in [4.69, 9.17) is 5.14 Å². The third-order valence-electron chi connectivity index (χ3n) is 3.92. The average molecular weight is 346 g/mol. The monoisotopic (exact) mass is 346 g/mol. The molecule has 0 radical (unpaired) electrons. The Kier molecular flexibility index (Phi) is 3.82. The summed E-state index contributed by atoms with van der Waals surface area (Å²) in [5.41, 5.74) is 1.04. The first-order valence-corrected chi connectivity index (χ1v) is 8.51. The number of carboxylic acids is 1. The zero-order valence-corrected chi connectivity index (χ0v) is 13.2. The van der Waals surface area contributed by atoms with Gasteiger partial charge in [0.15, 0.2) is 10.4 Å². The summed E-state index contributed by atoms with van der Waals surface area (Å²) in [6, 6.07) is 9.38. The standard InChI is InChI=1S/C15H14N4O4S/c16-24(22,23)15(13-12(14(20)21)17-19-18-13)8-6-11(7-9-15)10-4-2-1-3-5-10/h1-8H,9H2,(H,20,21)(H2,16,22,23)(H,17,18,19). The first kappa shape index (κ1) is 16.1. The van der Waals surface area contributed by atoms with Gasteiger partial charge in [-0.15, -0.1) is 5.10 Å². The number of rotatable bonds is 4. The number of carboxylic acid groups (broad SMARTS) is 1. The van der Waals surface area contributed by atoms with E-state index in [-0.39, 0.29) is 12.1 Å². The molecule has 0 saturated heterocycles. The van der Waals surface area contributed by atoms with Gasteiger partial charge in [0.2, 0.25) is 10.0 Å². The molecule has 8 nitrogen and oxygen atoms in total. The largest absolute Gasteiger partial charge is 0.476 e. The van der Waals surface area contributed by atoms with Crippen LogP contribution in [0.15, 0.2) is 48.6 Å². The number of benzene rings is 1. The second-order valence-electron chi connectivity index (χ2n) is 5.32. The fourth-order valence-corrected chi connectivity index (χ4v) is 3.65. The van der Waals surface area contributed by atoms with Gasteiger partial charge in [0.25, 0.3) is 0 Å². The summed E-state index contributed by atoms with van der Waals surface area (Å²) >= 11 is 0. The molecule has 0 fully saturated rings. The summed E-state index contributed by atoms with van der Waals surface area (Å²) in [6.07, 6.45) is 4.62. The van der Waals surface area contributed by atoms with Crippen LogP contribution in [-0.4, -0.2) is 34.9 Å². The average Bonchev–Trinajstić information content (AvgIpc) is 3.05. The summed E-state index contributed by atoms with van der Waals surface area (Å²) in [5.74, 6) is -1.38. The van der Waals surface area contributed by atoms with Crippen molar-refractivity contribution in [2.45, 2.75) is 11.2 Å². The van der Waals surface area contributed by atoms with Gasteiger partial charge in [-0.2, -0.15) is 10.3 Å². The summed E-state index contributed by atoms with van der Waals surface area (Å²) in [4.78, 5) is 11.3. The van der Waals surface area contributed by atoms with Crippen LogP contribution in [0.5, 0.6) is 0 Å². The highest BCUT2D eigenvalue weighted by Gasteiger charge is 2.47. The molecular weight excluding hydrogens is 332 g/mol. The quantitative estimate of drug-likeness (QED) is 0.755. The first-order chi connectivity index (χ1) is 11.3. The minimum Gasteiger partial charge on any atom is -0.476 e. The van der Waals surface area contributed by atoms with Gasteiger partial charge in [-0.1, -0.05) is 48.6 Å². The van der Waals surface area contributed by atoms with Crippen LogP contribution in [0.3, 0.4) is 0 Å². The number of sulfonamides is 1.